The molecule has 1 unspecified atom stereocenters. The average Bonchev–Trinajstić information content (AvgIpc) is 2.28. The summed E-state index contributed by atoms with van der Waals surface area (Å²) in [7, 11) is -3.16. The lowest BCUT2D eigenvalue weighted by Gasteiger charge is -2.27. The van der Waals surface area contributed by atoms with Crippen molar-refractivity contribution in [3.63, 3.8) is 0 Å². The van der Waals surface area contributed by atoms with Crippen molar-refractivity contribution in [2.75, 3.05) is 13.3 Å². The maximum atomic E-state index is 12.4. The predicted molar refractivity (Wildman–Crippen MR) is 74.4 cm³/mol. The van der Waals surface area contributed by atoms with Crippen molar-refractivity contribution in [1.82, 2.24) is 5.09 Å². The number of carbonyl (C=O) groups excluding carboxylic acids is 1. The number of para-hydroxylation sites is 1. The smallest absolute Gasteiger partial charge is 0.326 e. The predicted octanol–water partition coefficient (Wildman–Crippen LogP) is 2.82. The Morgan fingerprint density at radius 1 is 1.32 bits per heavy atom. The van der Waals surface area contributed by atoms with Gasteiger partial charge in [0.15, 0.2) is 0 Å². The van der Waals surface area contributed by atoms with Crippen LogP contribution in [0.25, 0.3) is 0 Å². The Labute approximate surface area is 113 Å². The van der Waals surface area contributed by atoms with Crippen LogP contribution in [0.15, 0.2) is 30.3 Å². The Hall–Kier alpha value is -1.32. The normalized spacial score (nSPS) is 14.5. The highest BCUT2D eigenvalue weighted by atomic mass is 31.2. The summed E-state index contributed by atoms with van der Waals surface area (Å²) >= 11 is 0. The molecule has 1 rings (SSSR count). The first-order valence-electron chi connectivity index (χ1n) is 6.05. The van der Waals surface area contributed by atoms with Crippen molar-refractivity contribution in [2.45, 2.75) is 26.3 Å². The highest BCUT2D eigenvalue weighted by Gasteiger charge is 2.35. The van der Waals surface area contributed by atoms with E-state index < -0.39 is 19.0 Å². The molecule has 0 bridgehead atoms. The van der Waals surface area contributed by atoms with Gasteiger partial charge in [0, 0.05) is 6.66 Å². The molecule has 1 N–H and O–H groups in total. The number of carbonyl (C=O) groups is 1. The molecule has 0 heterocycles. The van der Waals surface area contributed by atoms with Gasteiger partial charge < -0.3 is 9.26 Å². The van der Waals surface area contributed by atoms with Crippen LogP contribution >= 0.6 is 7.52 Å². The van der Waals surface area contributed by atoms with Gasteiger partial charge in [0.25, 0.3) is 0 Å². The first-order chi connectivity index (χ1) is 8.77. The lowest BCUT2D eigenvalue weighted by Crippen LogP contribution is -2.46. The van der Waals surface area contributed by atoms with E-state index in [9.17, 15) is 9.36 Å². The van der Waals surface area contributed by atoms with Gasteiger partial charge in [-0.05, 0) is 32.9 Å². The third kappa shape index (κ3) is 5.05. The minimum atomic E-state index is -3.16. The lowest BCUT2D eigenvalue weighted by molar-refractivity contribution is -0.149. The molecule has 0 aliphatic rings. The topological polar surface area (TPSA) is 64.6 Å². The number of nitrogens with one attached hydrogen (secondary N) is 1. The van der Waals surface area contributed by atoms with E-state index in [1.54, 1.807) is 45.0 Å². The molecule has 0 spiro atoms. The molecule has 0 amide bonds. The molecule has 0 fully saturated rings. The van der Waals surface area contributed by atoms with Crippen molar-refractivity contribution in [2.24, 2.45) is 0 Å². The number of benzene rings is 1. The Kier molecular flexibility index (Phi) is 5.15. The van der Waals surface area contributed by atoms with Crippen LogP contribution in [0.5, 0.6) is 5.75 Å². The molecule has 0 saturated carbocycles. The number of hydrogen-bond acceptors (Lipinski definition) is 4. The van der Waals surface area contributed by atoms with Crippen LogP contribution in [0.4, 0.5) is 0 Å². The maximum Gasteiger partial charge on any atom is 0.326 e. The van der Waals surface area contributed by atoms with Crippen molar-refractivity contribution < 1.29 is 18.6 Å². The van der Waals surface area contributed by atoms with Gasteiger partial charge in [-0.3, -0.25) is 9.36 Å². The molecular formula is C13H20NO4P. The second kappa shape index (κ2) is 6.22. The molecule has 19 heavy (non-hydrogen) atoms. The quantitative estimate of drug-likeness (QED) is 0.643. The van der Waals surface area contributed by atoms with E-state index >= 15 is 0 Å². The Bertz CT molecular complexity index is 473. The van der Waals surface area contributed by atoms with Gasteiger partial charge in [-0.1, -0.05) is 18.2 Å². The first-order valence-corrected chi connectivity index (χ1v) is 8.13. The number of hydrogen-bond donors (Lipinski definition) is 1. The minimum Gasteiger partial charge on any atom is -0.465 e. The maximum absolute atomic E-state index is 12.4. The molecule has 1 aromatic rings. The van der Waals surface area contributed by atoms with E-state index in [1.165, 1.54) is 6.66 Å². The molecule has 0 aliphatic carbocycles. The highest BCUT2D eigenvalue weighted by molar-refractivity contribution is 7.56. The van der Waals surface area contributed by atoms with Crippen LogP contribution in [0.2, 0.25) is 0 Å². The summed E-state index contributed by atoms with van der Waals surface area (Å²) in [6.07, 6.45) is 0. The van der Waals surface area contributed by atoms with Crippen LogP contribution in [0.1, 0.15) is 20.8 Å². The van der Waals surface area contributed by atoms with Crippen LogP contribution in [0, 0.1) is 0 Å². The largest absolute Gasteiger partial charge is 0.465 e. The average molecular weight is 285 g/mol. The van der Waals surface area contributed by atoms with Gasteiger partial charge in [0.1, 0.15) is 11.3 Å². The molecule has 106 valence electrons. The molecule has 5 nitrogen and oxygen atoms in total. The van der Waals surface area contributed by atoms with Gasteiger partial charge in [0.05, 0.1) is 6.61 Å². The number of ether oxygens (including phenoxy) is 1. The molecular weight excluding hydrogens is 265 g/mol. The minimum absolute atomic E-state index is 0.275. The fourth-order valence-corrected chi connectivity index (χ4v) is 3.25. The summed E-state index contributed by atoms with van der Waals surface area (Å²) in [6, 6.07) is 8.81. The van der Waals surface area contributed by atoms with Crippen molar-refractivity contribution in [3.05, 3.63) is 30.3 Å². The lowest BCUT2D eigenvalue weighted by atomic mass is 10.1. The van der Waals surface area contributed by atoms with Gasteiger partial charge >= 0.3 is 13.5 Å². The van der Waals surface area contributed by atoms with Gasteiger partial charge in [-0.15, -0.1) is 0 Å². The van der Waals surface area contributed by atoms with Crippen molar-refractivity contribution in [3.8, 4) is 5.75 Å². The number of esters is 1. The van der Waals surface area contributed by atoms with Crippen molar-refractivity contribution in [1.29, 1.82) is 0 Å². The molecule has 0 aromatic heterocycles. The third-order valence-corrected chi connectivity index (χ3v) is 3.82. The second-order valence-electron chi connectivity index (χ2n) is 4.71. The van der Waals surface area contributed by atoms with Crippen LogP contribution in [0.3, 0.4) is 0 Å². The third-order valence-electron chi connectivity index (χ3n) is 2.29. The van der Waals surface area contributed by atoms with Gasteiger partial charge in [-0.2, -0.15) is 0 Å². The fraction of sp³-hybridized carbons (Fsp3) is 0.462. The van der Waals surface area contributed by atoms with E-state index in [0.717, 1.165) is 0 Å². The van der Waals surface area contributed by atoms with Crippen LogP contribution < -0.4 is 9.61 Å². The first kappa shape index (κ1) is 15.7. The Morgan fingerprint density at radius 2 is 1.89 bits per heavy atom. The summed E-state index contributed by atoms with van der Waals surface area (Å²) in [5.41, 5.74) is -1.07. The SMILES string of the molecule is CCOC(=O)C(C)(C)NP(C)(=O)Oc1ccccc1. The van der Waals surface area contributed by atoms with E-state index in [0.29, 0.717) is 5.75 Å². The van der Waals surface area contributed by atoms with Crippen LogP contribution in [-0.4, -0.2) is 24.8 Å². The highest BCUT2D eigenvalue weighted by Crippen LogP contribution is 2.41. The summed E-state index contributed by atoms with van der Waals surface area (Å²) < 4.78 is 22.7. The van der Waals surface area contributed by atoms with Gasteiger partial charge in [-0.25, -0.2) is 5.09 Å². The fourth-order valence-electron chi connectivity index (χ4n) is 1.57. The zero-order valence-corrected chi connectivity index (χ0v) is 12.6. The van der Waals surface area contributed by atoms with Crippen LogP contribution in [-0.2, 0) is 14.1 Å². The summed E-state index contributed by atoms with van der Waals surface area (Å²) in [5, 5.41) is 2.72. The van der Waals surface area contributed by atoms with Gasteiger partial charge in [0.2, 0.25) is 0 Å². The van der Waals surface area contributed by atoms with Crippen molar-refractivity contribution >= 4 is 13.5 Å². The monoisotopic (exact) mass is 285 g/mol. The van der Waals surface area contributed by atoms with E-state index in [4.69, 9.17) is 9.26 Å². The molecule has 1 aromatic carbocycles. The summed E-state index contributed by atoms with van der Waals surface area (Å²) in [5.74, 6) is 0.0224. The standard InChI is InChI=1S/C13H20NO4P/c1-5-17-12(15)13(2,3)14-19(4,16)18-11-9-7-6-8-10-11/h6-10H,5H2,1-4H3,(H,14,16). The zero-order valence-electron chi connectivity index (χ0n) is 11.7. The molecule has 0 radical (unpaired) electrons. The Morgan fingerprint density at radius 3 is 2.42 bits per heavy atom. The molecule has 6 heteroatoms. The Balaban J connectivity index is 2.74. The molecule has 0 saturated heterocycles. The van der Waals surface area contributed by atoms with E-state index in [1.807, 2.05) is 6.07 Å². The zero-order chi connectivity index (χ0) is 14.5. The summed E-state index contributed by atoms with van der Waals surface area (Å²) in [4.78, 5) is 11.7. The summed E-state index contributed by atoms with van der Waals surface area (Å²) in [6.45, 7) is 6.64. The number of rotatable bonds is 6. The molecule has 1 atom stereocenters. The van der Waals surface area contributed by atoms with E-state index in [-0.39, 0.29) is 6.61 Å². The van der Waals surface area contributed by atoms with E-state index in [2.05, 4.69) is 5.09 Å². The molecule has 0 aliphatic heterocycles. The second-order valence-corrected chi connectivity index (χ2v) is 6.81.